The minimum atomic E-state index is -6.09. The average molecular weight is 380 g/mol. The number of nitrogens with zero attached hydrogens (tertiary/aromatic N) is 1. The highest BCUT2D eigenvalue weighted by molar-refractivity contribution is 7.86. The zero-order chi connectivity index (χ0) is 18.3. The Labute approximate surface area is 135 Å². The average Bonchev–Trinajstić information content (AvgIpc) is 2.45. The van der Waals surface area contributed by atoms with Crippen molar-refractivity contribution in [3.63, 3.8) is 0 Å². The van der Waals surface area contributed by atoms with E-state index in [1.807, 2.05) is 0 Å². The summed E-state index contributed by atoms with van der Waals surface area (Å²) >= 11 is 5.63. The van der Waals surface area contributed by atoms with Crippen molar-refractivity contribution < 1.29 is 45.0 Å². The van der Waals surface area contributed by atoms with Gasteiger partial charge in [-0.2, -0.15) is 17.7 Å². The van der Waals surface area contributed by atoms with Gasteiger partial charge in [-0.05, 0) is 0 Å². The molecule has 0 fully saturated rings. The predicted octanol–water partition coefficient (Wildman–Crippen LogP) is 1.06. The maximum atomic E-state index is 11.4. The fourth-order valence-electron chi connectivity index (χ4n) is 1.20. The van der Waals surface area contributed by atoms with E-state index < -0.39 is 21.6 Å². The van der Waals surface area contributed by atoms with Gasteiger partial charge in [0.05, 0.1) is 26.2 Å². The molecule has 0 amide bonds. The van der Waals surface area contributed by atoms with Gasteiger partial charge in [0.25, 0.3) is 5.69 Å². The van der Waals surface area contributed by atoms with Crippen LogP contribution in [-0.2, 0) is 21.4 Å². The number of hydrogen-bond acceptors (Lipinski definition) is 6. The monoisotopic (exact) mass is 379 g/mol. The summed E-state index contributed by atoms with van der Waals surface area (Å²) in [4.78, 5) is 11.4. The van der Waals surface area contributed by atoms with E-state index in [1.165, 1.54) is 7.11 Å². The third kappa shape index (κ3) is 7.01. The summed E-state index contributed by atoms with van der Waals surface area (Å²) in [6.45, 7) is 0.552. The number of methoxy groups -OCH3 is 2. The molecule has 23 heavy (non-hydrogen) atoms. The quantitative estimate of drug-likeness (QED) is 0.255. The number of aromatic nitrogens is 1. The molecule has 12 heteroatoms. The van der Waals surface area contributed by atoms with Gasteiger partial charge in [-0.1, -0.05) is 0 Å². The molecule has 0 bridgehead atoms. The molecule has 0 spiro atoms. The molecule has 0 unspecified atom stereocenters. The van der Waals surface area contributed by atoms with Crippen LogP contribution in [0.25, 0.3) is 0 Å². The van der Waals surface area contributed by atoms with Crippen molar-refractivity contribution in [1.29, 1.82) is 0 Å². The van der Waals surface area contributed by atoms with Crippen LogP contribution < -0.4 is 9.30 Å². The largest absolute Gasteiger partial charge is 0.741 e. The van der Waals surface area contributed by atoms with Gasteiger partial charge in [0, 0.05) is 6.07 Å². The smallest absolute Gasteiger partial charge is 0.485 e. The van der Waals surface area contributed by atoms with E-state index in [0.717, 1.165) is 0 Å². The second kappa shape index (κ2) is 8.89. The molecule has 0 saturated carbocycles. The molecule has 0 atom stereocenters. The summed E-state index contributed by atoms with van der Waals surface area (Å²) in [5.41, 5.74) is -5.22. The molecular weight excluding hydrogens is 367 g/mol. The van der Waals surface area contributed by atoms with Gasteiger partial charge in [-0.3, -0.25) is 0 Å². The zero-order valence-electron chi connectivity index (χ0n) is 12.0. The zero-order valence-corrected chi connectivity index (χ0v) is 13.5. The topological polar surface area (TPSA) is 96.6 Å². The first kappa shape index (κ1) is 21.4. The highest BCUT2D eigenvalue weighted by atomic mass is 35.5. The molecule has 132 valence electrons. The molecule has 0 saturated heterocycles. The third-order valence-corrected chi connectivity index (χ3v) is 2.98. The molecule has 1 heterocycles. The second-order valence-corrected chi connectivity index (χ2v) is 5.47. The van der Waals surface area contributed by atoms with Crippen LogP contribution in [0.1, 0.15) is 10.5 Å². The SMILES string of the molecule is COC(=O)c1cc(OC)cc[n+]1CCCl.O=S(=O)([O-])C(F)(F)F. The number of carbonyl (C=O) groups is 1. The second-order valence-electron chi connectivity index (χ2n) is 3.73. The summed E-state index contributed by atoms with van der Waals surface area (Å²) < 4.78 is 70.3. The Balaban J connectivity index is 0.000000515. The number of alkyl halides is 4. The molecule has 0 radical (unpaired) electrons. The van der Waals surface area contributed by atoms with E-state index in [0.29, 0.717) is 23.9 Å². The van der Waals surface area contributed by atoms with E-state index in [9.17, 15) is 18.0 Å². The third-order valence-electron chi connectivity index (χ3n) is 2.25. The van der Waals surface area contributed by atoms with Gasteiger partial charge in [0.1, 0.15) is 5.75 Å². The normalized spacial score (nSPS) is 11.3. The molecule has 0 N–H and O–H groups in total. The van der Waals surface area contributed by atoms with Gasteiger partial charge in [0.15, 0.2) is 22.9 Å². The Bertz CT molecular complexity index is 635. The summed E-state index contributed by atoms with van der Waals surface area (Å²) in [6, 6.07) is 3.39. The van der Waals surface area contributed by atoms with Crippen LogP contribution in [0.2, 0.25) is 0 Å². The minimum Gasteiger partial charge on any atom is -0.741 e. The maximum Gasteiger partial charge on any atom is 0.485 e. The lowest BCUT2D eigenvalue weighted by Gasteiger charge is -2.08. The fraction of sp³-hybridized carbons (Fsp3) is 0.455. The number of hydrogen-bond donors (Lipinski definition) is 0. The molecule has 7 nitrogen and oxygen atoms in total. The van der Waals surface area contributed by atoms with E-state index in [2.05, 4.69) is 4.74 Å². The van der Waals surface area contributed by atoms with Crippen molar-refractivity contribution >= 4 is 27.7 Å². The lowest BCUT2D eigenvalue weighted by atomic mass is 10.3. The number of halogens is 4. The first-order valence-corrected chi connectivity index (χ1v) is 7.66. The van der Waals surface area contributed by atoms with Gasteiger partial charge < -0.3 is 14.0 Å². The van der Waals surface area contributed by atoms with E-state index >= 15 is 0 Å². The van der Waals surface area contributed by atoms with Crippen LogP contribution in [-0.4, -0.2) is 44.5 Å². The molecule has 0 aromatic carbocycles. The molecule has 1 aromatic rings. The summed E-state index contributed by atoms with van der Waals surface area (Å²) in [6.07, 6.45) is 1.74. The van der Waals surface area contributed by atoms with Gasteiger partial charge >= 0.3 is 11.5 Å². The number of esters is 1. The van der Waals surface area contributed by atoms with Gasteiger partial charge in [-0.25, -0.2) is 13.2 Å². The van der Waals surface area contributed by atoms with Crippen molar-refractivity contribution in [3.8, 4) is 5.75 Å². The van der Waals surface area contributed by atoms with Crippen molar-refractivity contribution in [2.45, 2.75) is 12.1 Å². The van der Waals surface area contributed by atoms with Crippen molar-refractivity contribution in [2.24, 2.45) is 0 Å². The molecule has 0 aliphatic carbocycles. The maximum absolute atomic E-state index is 11.4. The summed E-state index contributed by atoms with van der Waals surface area (Å²) in [7, 11) is -3.21. The molecular formula is C11H13ClF3NO6S. The van der Waals surface area contributed by atoms with Crippen molar-refractivity contribution in [1.82, 2.24) is 0 Å². The van der Waals surface area contributed by atoms with Crippen molar-refractivity contribution in [3.05, 3.63) is 24.0 Å². The number of pyridine rings is 1. The molecule has 0 aliphatic heterocycles. The van der Waals surface area contributed by atoms with Gasteiger partial charge in [0.2, 0.25) is 0 Å². The Morgan fingerprint density at radius 1 is 1.39 bits per heavy atom. The van der Waals surface area contributed by atoms with Crippen LogP contribution >= 0.6 is 11.6 Å². The molecule has 1 rings (SSSR count). The van der Waals surface area contributed by atoms with Crippen LogP contribution in [0, 0.1) is 0 Å². The Morgan fingerprint density at radius 2 is 1.91 bits per heavy atom. The Hall–Kier alpha value is -1.59. The lowest BCUT2D eigenvalue weighted by Crippen LogP contribution is -2.41. The van der Waals surface area contributed by atoms with Crippen LogP contribution in [0.4, 0.5) is 13.2 Å². The number of carbonyl (C=O) groups excluding carboxylic acids is 1. The van der Waals surface area contributed by atoms with E-state index in [4.69, 9.17) is 29.3 Å². The van der Waals surface area contributed by atoms with Crippen LogP contribution in [0.3, 0.4) is 0 Å². The van der Waals surface area contributed by atoms with E-state index in [-0.39, 0.29) is 0 Å². The molecule has 1 aromatic heterocycles. The highest BCUT2D eigenvalue weighted by Crippen LogP contribution is 2.20. The van der Waals surface area contributed by atoms with Crippen LogP contribution in [0.15, 0.2) is 18.3 Å². The van der Waals surface area contributed by atoms with Gasteiger partial charge in [-0.15, -0.1) is 11.6 Å². The predicted molar refractivity (Wildman–Crippen MR) is 71.0 cm³/mol. The highest BCUT2D eigenvalue weighted by Gasteiger charge is 2.36. The number of ether oxygens (including phenoxy) is 2. The number of rotatable bonds is 4. The standard InChI is InChI=1S/C10H13ClNO3.CHF3O3S/c1-14-8-3-5-12(6-4-11)9(7-8)10(13)15-2;2-1(3,4)8(5,6)7/h3,5,7H,4,6H2,1-2H3;(H,5,6,7)/q+1;/p-1. The summed E-state index contributed by atoms with van der Waals surface area (Å²) in [5, 5.41) is 0. The van der Waals surface area contributed by atoms with Crippen LogP contribution in [0.5, 0.6) is 5.75 Å². The minimum absolute atomic E-state index is 0.404. The molecule has 0 aliphatic rings. The first-order valence-electron chi connectivity index (χ1n) is 5.71. The Morgan fingerprint density at radius 3 is 2.26 bits per heavy atom. The summed E-state index contributed by atoms with van der Waals surface area (Å²) in [5.74, 6) is 0.640. The van der Waals surface area contributed by atoms with Crippen molar-refractivity contribution in [2.75, 3.05) is 20.1 Å². The Kier molecular flexibility index (Phi) is 8.28. The fourth-order valence-corrected chi connectivity index (χ4v) is 1.39. The first-order chi connectivity index (χ1) is 10.5. The lowest BCUT2D eigenvalue weighted by molar-refractivity contribution is -0.695. The van der Waals surface area contributed by atoms with E-state index in [1.54, 1.807) is 30.0 Å². The number of aryl methyl sites for hydroxylation is 1.